The van der Waals surface area contributed by atoms with Crippen molar-refractivity contribution in [1.82, 2.24) is 19.3 Å². The highest BCUT2D eigenvalue weighted by Gasteiger charge is 2.44. The van der Waals surface area contributed by atoms with Crippen LogP contribution in [0.2, 0.25) is 0 Å². The summed E-state index contributed by atoms with van der Waals surface area (Å²) in [7, 11) is 0. The standard InChI is InChI=1S/C16H23N5O7/c1-16(2,3)15(25)26-7-27-21-6-19-13-9(12(21)17)18-5-20(13)14-11(24)10(23)8(4-22)28-14/h5-6,8,10-11,14,17,22-24H,4,7H2,1-3H3/t8-,10-,11-,14-/m1/s1. The maximum atomic E-state index is 11.7. The number of rotatable bonds is 5. The van der Waals surface area contributed by atoms with Crippen molar-refractivity contribution in [2.45, 2.75) is 45.3 Å². The molecule has 1 saturated heterocycles. The molecule has 0 aliphatic carbocycles. The normalized spacial score (nSPS) is 25.2. The molecule has 4 atom stereocenters. The fourth-order valence-corrected chi connectivity index (χ4v) is 2.67. The Kier molecular flexibility index (Phi) is 5.39. The number of aliphatic hydroxyl groups excluding tert-OH is 3. The van der Waals surface area contributed by atoms with E-state index in [4.69, 9.17) is 19.7 Å². The van der Waals surface area contributed by atoms with Crippen LogP contribution in [0.25, 0.3) is 11.2 Å². The van der Waals surface area contributed by atoms with E-state index in [1.807, 2.05) is 0 Å². The maximum absolute atomic E-state index is 11.7. The first-order chi connectivity index (χ1) is 13.1. The van der Waals surface area contributed by atoms with Crippen LogP contribution in [0.4, 0.5) is 0 Å². The minimum atomic E-state index is -1.30. The smallest absolute Gasteiger partial charge is 0.314 e. The summed E-state index contributed by atoms with van der Waals surface area (Å²) >= 11 is 0. The van der Waals surface area contributed by atoms with Gasteiger partial charge < -0.3 is 29.6 Å². The van der Waals surface area contributed by atoms with E-state index in [0.29, 0.717) is 0 Å². The lowest BCUT2D eigenvalue weighted by Crippen LogP contribution is -2.33. The van der Waals surface area contributed by atoms with Gasteiger partial charge in [0, 0.05) is 0 Å². The number of aromatic nitrogens is 4. The number of carbonyl (C=O) groups is 1. The zero-order chi connectivity index (χ0) is 20.6. The summed E-state index contributed by atoms with van der Waals surface area (Å²) in [5.74, 6) is -0.456. The predicted molar refractivity (Wildman–Crippen MR) is 91.4 cm³/mol. The fraction of sp³-hybridized carbons (Fsp3) is 0.625. The number of nitrogens with one attached hydrogen (secondary N) is 1. The second-order valence-electron chi connectivity index (χ2n) is 7.40. The van der Waals surface area contributed by atoms with Crippen molar-refractivity contribution in [1.29, 1.82) is 5.41 Å². The number of hydrogen-bond donors (Lipinski definition) is 4. The largest absolute Gasteiger partial charge is 0.425 e. The molecule has 28 heavy (non-hydrogen) atoms. The molecule has 2 aromatic heterocycles. The summed E-state index contributed by atoms with van der Waals surface area (Å²) in [5, 5.41) is 37.5. The Balaban J connectivity index is 1.79. The van der Waals surface area contributed by atoms with E-state index in [1.165, 1.54) is 17.2 Å². The number of carbonyl (C=O) groups excluding carboxylic acids is 1. The van der Waals surface area contributed by atoms with E-state index in [1.54, 1.807) is 20.8 Å². The summed E-state index contributed by atoms with van der Waals surface area (Å²) in [6.07, 6.45) is -2.03. The monoisotopic (exact) mass is 397 g/mol. The van der Waals surface area contributed by atoms with Crippen molar-refractivity contribution in [2.24, 2.45) is 5.41 Å². The molecular weight excluding hydrogens is 374 g/mol. The van der Waals surface area contributed by atoms with E-state index in [9.17, 15) is 20.1 Å². The van der Waals surface area contributed by atoms with Gasteiger partial charge in [0.2, 0.25) is 0 Å². The Morgan fingerprint density at radius 2 is 2.00 bits per heavy atom. The molecule has 0 radical (unpaired) electrons. The zero-order valence-electron chi connectivity index (χ0n) is 15.6. The number of ether oxygens (including phenoxy) is 2. The van der Waals surface area contributed by atoms with Gasteiger partial charge in [-0.2, -0.15) is 0 Å². The van der Waals surface area contributed by atoms with Crippen LogP contribution >= 0.6 is 0 Å². The van der Waals surface area contributed by atoms with E-state index >= 15 is 0 Å². The first-order valence-electron chi connectivity index (χ1n) is 8.57. The van der Waals surface area contributed by atoms with E-state index in [0.717, 1.165) is 4.73 Å². The van der Waals surface area contributed by atoms with Gasteiger partial charge in [-0.1, -0.05) is 0 Å². The number of nitrogens with zero attached hydrogens (tertiary/aromatic N) is 4. The lowest BCUT2D eigenvalue weighted by molar-refractivity contribution is -0.166. The molecule has 0 amide bonds. The highest BCUT2D eigenvalue weighted by Crippen LogP contribution is 2.30. The summed E-state index contributed by atoms with van der Waals surface area (Å²) < 4.78 is 12.8. The minimum absolute atomic E-state index is 0.141. The molecule has 4 N–H and O–H groups in total. The number of imidazole rings is 1. The average Bonchev–Trinajstić information content (AvgIpc) is 3.18. The first-order valence-corrected chi connectivity index (χ1v) is 8.57. The SMILES string of the molecule is CC(C)(C)C(=O)OCOn1cnc2c(ncn2[C@@H]2O[C@H](CO)[C@@H](O)[C@H]2O)c1=N. The molecule has 1 aliphatic heterocycles. The van der Waals surface area contributed by atoms with Gasteiger partial charge in [-0.05, 0) is 20.8 Å². The van der Waals surface area contributed by atoms with Crippen LogP contribution in [0.3, 0.4) is 0 Å². The van der Waals surface area contributed by atoms with Crippen LogP contribution in [0.15, 0.2) is 12.7 Å². The molecule has 154 valence electrons. The molecule has 0 unspecified atom stereocenters. The molecule has 0 bridgehead atoms. The third kappa shape index (κ3) is 3.58. The summed E-state index contributed by atoms with van der Waals surface area (Å²) in [6, 6.07) is 0. The Labute approximate surface area is 159 Å². The number of fused-ring (bicyclic) bond motifs is 1. The topological polar surface area (TPSA) is 165 Å². The van der Waals surface area contributed by atoms with Gasteiger partial charge >= 0.3 is 5.97 Å². The Bertz CT molecular complexity index is 918. The first kappa shape index (κ1) is 20.2. The van der Waals surface area contributed by atoms with Crippen molar-refractivity contribution in [2.75, 3.05) is 13.4 Å². The Hall–Kier alpha value is -2.54. The second-order valence-corrected chi connectivity index (χ2v) is 7.40. The van der Waals surface area contributed by atoms with Crippen molar-refractivity contribution in [3.05, 3.63) is 18.1 Å². The van der Waals surface area contributed by atoms with Crippen LogP contribution in [-0.2, 0) is 14.3 Å². The van der Waals surface area contributed by atoms with Gasteiger partial charge in [0.1, 0.15) is 24.6 Å². The molecule has 2 aromatic rings. The van der Waals surface area contributed by atoms with E-state index in [2.05, 4.69) is 9.97 Å². The van der Waals surface area contributed by atoms with Crippen molar-refractivity contribution in [3.8, 4) is 0 Å². The third-order valence-corrected chi connectivity index (χ3v) is 4.28. The summed E-state index contributed by atoms with van der Waals surface area (Å²) in [6.45, 7) is 4.25. The van der Waals surface area contributed by atoms with Crippen LogP contribution in [0, 0.1) is 10.8 Å². The Morgan fingerprint density at radius 1 is 1.29 bits per heavy atom. The molecule has 12 nitrogen and oxygen atoms in total. The van der Waals surface area contributed by atoms with Gasteiger partial charge in [0.15, 0.2) is 22.9 Å². The van der Waals surface area contributed by atoms with E-state index in [-0.39, 0.29) is 16.7 Å². The molecule has 0 spiro atoms. The van der Waals surface area contributed by atoms with Gasteiger partial charge in [0.05, 0.1) is 18.3 Å². The highest BCUT2D eigenvalue weighted by atomic mass is 16.8. The van der Waals surface area contributed by atoms with Crippen LogP contribution in [-0.4, -0.2) is 72.3 Å². The summed E-state index contributed by atoms with van der Waals surface area (Å²) in [4.78, 5) is 25.2. The van der Waals surface area contributed by atoms with Crippen molar-refractivity contribution < 1.29 is 34.4 Å². The predicted octanol–water partition coefficient (Wildman–Crippen LogP) is -1.70. The molecule has 12 heteroatoms. The van der Waals surface area contributed by atoms with Gasteiger partial charge in [-0.25, -0.2) is 9.97 Å². The molecule has 1 aliphatic rings. The number of hydrogen-bond acceptors (Lipinski definition) is 10. The van der Waals surface area contributed by atoms with Crippen LogP contribution in [0.1, 0.15) is 27.0 Å². The van der Waals surface area contributed by atoms with E-state index < -0.39 is 49.3 Å². The van der Waals surface area contributed by atoms with Gasteiger partial charge in [0.25, 0.3) is 6.79 Å². The zero-order valence-corrected chi connectivity index (χ0v) is 15.6. The third-order valence-electron chi connectivity index (χ3n) is 4.28. The molecule has 0 aromatic carbocycles. The highest BCUT2D eigenvalue weighted by molar-refractivity contribution is 5.75. The summed E-state index contributed by atoms with van der Waals surface area (Å²) in [5.41, 5.74) is -0.492. The lowest BCUT2D eigenvalue weighted by Gasteiger charge is -2.17. The van der Waals surface area contributed by atoms with Gasteiger partial charge in [-0.3, -0.25) is 14.8 Å². The maximum Gasteiger partial charge on any atom is 0.314 e. The molecule has 3 rings (SSSR count). The molecular formula is C16H23N5O7. The second kappa shape index (κ2) is 7.47. The average molecular weight is 397 g/mol. The molecule has 0 saturated carbocycles. The Morgan fingerprint density at radius 3 is 2.61 bits per heavy atom. The van der Waals surface area contributed by atoms with Crippen LogP contribution in [0.5, 0.6) is 0 Å². The van der Waals surface area contributed by atoms with Crippen LogP contribution < -0.4 is 10.3 Å². The van der Waals surface area contributed by atoms with Crippen molar-refractivity contribution in [3.63, 3.8) is 0 Å². The van der Waals surface area contributed by atoms with Crippen molar-refractivity contribution >= 4 is 17.1 Å². The number of aliphatic hydroxyl groups is 3. The fourth-order valence-electron chi connectivity index (χ4n) is 2.67. The van der Waals surface area contributed by atoms with Gasteiger partial charge in [-0.15, -0.1) is 4.73 Å². The minimum Gasteiger partial charge on any atom is -0.425 e. The lowest BCUT2D eigenvalue weighted by atomic mass is 9.98. The molecule has 3 heterocycles. The quantitative estimate of drug-likeness (QED) is 0.340. The number of esters is 1. The molecule has 1 fully saturated rings.